The highest BCUT2D eigenvalue weighted by molar-refractivity contribution is 7.90. The Labute approximate surface area is 90.1 Å². The highest BCUT2D eigenvalue weighted by Crippen LogP contribution is 2.10. The minimum atomic E-state index is -3.05. The van der Waals surface area contributed by atoms with Gasteiger partial charge in [0.2, 0.25) is 5.91 Å². The summed E-state index contributed by atoms with van der Waals surface area (Å²) in [6, 6.07) is 0. The molecule has 15 heavy (non-hydrogen) atoms. The SMILES string of the molecule is CS(=O)(=O)CCC(=O)NCC1CCCO1. The van der Waals surface area contributed by atoms with E-state index in [0.717, 1.165) is 25.7 Å². The van der Waals surface area contributed by atoms with E-state index in [1.807, 2.05) is 0 Å². The second kappa shape index (κ2) is 5.46. The van der Waals surface area contributed by atoms with Crippen LogP contribution in [0, 0.1) is 0 Å². The van der Waals surface area contributed by atoms with E-state index in [-0.39, 0.29) is 24.2 Å². The molecule has 5 nitrogen and oxygen atoms in total. The molecule has 1 saturated heterocycles. The van der Waals surface area contributed by atoms with Gasteiger partial charge in [0.1, 0.15) is 9.84 Å². The smallest absolute Gasteiger partial charge is 0.221 e. The summed E-state index contributed by atoms with van der Waals surface area (Å²) < 4.78 is 26.9. The molecule has 1 N–H and O–H groups in total. The fourth-order valence-corrected chi connectivity index (χ4v) is 1.96. The molecule has 1 unspecified atom stereocenters. The van der Waals surface area contributed by atoms with E-state index in [2.05, 4.69) is 5.32 Å². The number of hydrogen-bond donors (Lipinski definition) is 1. The molecular weight excluding hydrogens is 218 g/mol. The van der Waals surface area contributed by atoms with Crippen LogP contribution in [0.25, 0.3) is 0 Å². The van der Waals surface area contributed by atoms with E-state index < -0.39 is 9.84 Å². The van der Waals surface area contributed by atoms with Crippen molar-refractivity contribution in [2.45, 2.75) is 25.4 Å². The fraction of sp³-hybridized carbons (Fsp3) is 0.889. The van der Waals surface area contributed by atoms with Crippen LogP contribution in [0.1, 0.15) is 19.3 Å². The molecule has 1 fully saturated rings. The minimum Gasteiger partial charge on any atom is -0.376 e. The topological polar surface area (TPSA) is 72.5 Å². The summed E-state index contributed by atoms with van der Waals surface area (Å²) in [6.07, 6.45) is 3.26. The van der Waals surface area contributed by atoms with Crippen molar-refractivity contribution in [1.82, 2.24) is 5.32 Å². The average molecular weight is 235 g/mol. The normalized spacial score (nSPS) is 21.5. The van der Waals surface area contributed by atoms with Gasteiger partial charge < -0.3 is 10.1 Å². The van der Waals surface area contributed by atoms with Gasteiger partial charge in [-0.05, 0) is 12.8 Å². The first-order chi connectivity index (χ1) is 6.97. The number of ether oxygens (including phenoxy) is 1. The summed E-state index contributed by atoms with van der Waals surface area (Å²) in [5, 5.41) is 2.67. The maximum Gasteiger partial charge on any atom is 0.221 e. The molecule has 0 aromatic heterocycles. The van der Waals surface area contributed by atoms with Crippen LogP contribution in [0.5, 0.6) is 0 Å². The molecule has 0 aliphatic carbocycles. The molecule has 0 radical (unpaired) electrons. The van der Waals surface area contributed by atoms with Gasteiger partial charge in [0.15, 0.2) is 0 Å². The van der Waals surface area contributed by atoms with Crippen molar-refractivity contribution in [3.8, 4) is 0 Å². The van der Waals surface area contributed by atoms with E-state index in [0.29, 0.717) is 6.54 Å². The Balaban J connectivity index is 2.13. The van der Waals surface area contributed by atoms with Crippen LogP contribution in [-0.2, 0) is 19.4 Å². The third-order valence-corrected chi connectivity index (χ3v) is 3.20. The zero-order valence-electron chi connectivity index (χ0n) is 8.86. The number of nitrogens with one attached hydrogen (secondary N) is 1. The van der Waals surface area contributed by atoms with Gasteiger partial charge in [-0.15, -0.1) is 0 Å². The predicted molar refractivity (Wildman–Crippen MR) is 56.3 cm³/mol. The van der Waals surface area contributed by atoms with Gasteiger partial charge >= 0.3 is 0 Å². The summed E-state index contributed by atoms with van der Waals surface area (Å²) in [4.78, 5) is 11.2. The molecule has 0 spiro atoms. The zero-order chi connectivity index (χ0) is 11.3. The van der Waals surface area contributed by atoms with E-state index in [4.69, 9.17) is 4.74 Å². The highest BCUT2D eigenvalue weighted by atomic mass is 32.2. The van der Waals surface area contributed by atoms with Gasteiger partial charge in [-0.25, -0.2) is 8.42 Å². The molecule has 0 saturated carbocycles. The first-order valence-corrected chi connectivity index (χ1v) is 7.09. The van der Waals surface area contributed by atoms with Crippen LogP contribution in [-0.4, -0.2) is 45.6 Å². The Morgan fingerprint density at radius 1 is 1.53 bits per heavy atom. The van der Waals surface area contributed by atoms with Gasteiger partial charge in [0, 0.05) is 25.8 Å². The summed E-state index contributed by atoms with van der Waals surface area (Å²) in [7, 11) is -3.05. The number of hydrogen-bond acceptors (Lipinski definition) is 4. The first kappa shape index (κ1) is 12.4. The maximum absolute atomic E-state index is 11.2. The van der Waals surface area contributed by atoms with Crippen molar-refractivity contribution in [3.05, 3.63) is 0 Å². The molecule has 1 heterocycles. The van der Waals surface area contributed by atoms with Gasteiger partial charge in [0.25, 0.3) is 0 Å². The summed E-state index contributed by atoms with van der Waals surface area (Å²) in [6.45, 7) is 1.24. The Kier molecular flexibility index (Phi) is 4.53. The number of sulfone groups is 1. The number of rotatable bonds is 5. The van der Waals surface area contributed by atoms with Crippen LogP contribution in [0.4, 0.5) is 0 Å². The third-order valence-electron chi connectivity index (χ3n) is 2.25. The Morgan fingerprint density at radius 2 is 2.27 bits per heavy atom. The molecule has 0 aromatic carbocycles. The molecule has 1 rings (SSSR count). The van der Waals surface area contributed by atoms with Crippen LogP contribution >= 0.6 is 0 Å². The van der Waals surface area contributed by atoms with Crippen molar-refractivity contribution < 1.29 is 17.9 Å². The van der Waals surface area contributed by atoms with Gasteiger partial charge in [-0.1, -0.05) is 0 Å². The van der Waals surface area contributed by atoms with E-state index >= 15 is 0 Å². The summed E-state index contributed by atoms with van der Waals surface area (Å²) in [5.41, 5.74) is 0. The lowest BCUT2D eigenvalue weighted by Crippen LogP contribution is -2.32. The summed E-state index contributed by atoms with van der Waals surface area (Å²) in [5.74, 6) is -0.319. The van der Waals surface area contributed by atoms with Crippen molar-refractivity contribution in [3.63, 3.8) is 0 Å². The Morgan fingerprint density at radius 3 is 2.80 bits per heavy atom. The lowest BCUT2D eigenvalue weighted by atomic mass is 10.2. The molecule has 6 heteroatoms. The highest BCUT2D eigenvalue weighted by Gasteiger charge is 2.16. The van der Waals surface area contributed by atoms with Crippen molar-refractivity contribution in [2.24, 2.45) is 0 Å². The lowest BCUT2D eigenvalue weighted by molar-refractivity contribution is -0.121. The van der Waals surface area contributed by atoms with Crippen molar-refractivity contribution >= 4 is 15.7 Å². The van der Waals surface area contributed by atoms with Crippen LogP contribution in [0.3, 0.4) is 0 Å². The first-order valence-electron chi connectivity index (χ1n) is 5.03. The third kappa shape index (κ3) is 5.74. The van der Waals surface area contributed by atoms with Crippen molar-refractivity contribution in [2.75, 3.05) is 25.2 Å². The van der Waals surface area contributed by atoms with E-state index in [1.54, 1.807) is 0 Å². The molecule has 1 aliphatic rings. The van der Waals surface area contributed by atoms with Crippen molar-refractivity contribution in [1.29, 1.82) is 0 Å². The molecule has 0 aromatic rings. The van der Waals surface area contributed by atoms with Crippen LogP contribution < -0.4 is 5.32 Å². The molecular formula is C9H17NO4S. The second-order valence-corrected chi connectivity index (χ2v) is 6.08. The van der Waals surface area contributed by atoms with Crippen LogP contribution in [0.2, 0.25) is 0 Å². The average Bonchev–Trinajstić information content (AvgIpc) is 2.62. The predicted octanol–water partition coefficient (Wildman–Crippen LogP) is -0.284. The Bertz CT molecular complexity index is 306. The zero-order valence-corrected chi connectivity index (χ0v) is 9.68. The molecule has 1 atom stereocenters. The minimum absolute atomic E-state index is 0.0333. The number of carbonyl (C=O) groups excluding carboxylic acids is 1. The quantitative estimate of drug-likeness (QED) is 0.711. The molecule has 1 amide bonds. The second-order valence-electron chi connectivity index (χ2n) is 3.82. The monoisotopic (exact) mass is 235 g/mol. The number of carbonyl (C=O) groups is 1. The standard InChI is InChI=1S/C9H17NO4S/c1-15(12,13)6-4-9(11)10-7-8-3-2-5-14-8/h8H,2-7H2,1H3,(H,10,11). The molecule has 88 valence electrons. The molecule has 1 aliphatic heterocycles. The summed E-state index contributed by atoms with van der Waals surface area (Å²) >= 11 is 0. The van der Waals surface area contributed by atoms with Gasteiger partial charge in [-0.3, -0.25) is 4.79 Å². The Hall–Kier alpha value is -0.620. The van der Waals surface area contributed by atoms with Crippen LogP contribution in [0.15, 0.2) is 0 Å². The van der Waals surface area contributed by atoms with Gasteiger partial charge in [-0.2, -0.15) is 0 Å². The van der Waals surface area contributed by atoms with E-state index in [1.165, 1.54) is 0 Å². The molecule has 0 bridgehead atoms. The largest absolute Gasteiger partial charge is 0.376 e. The van der Waals surface area contributed by atoms with E-state index in [9.17, 15) is 13.2 Å². The lowest BCUT2D eigenvalue weighted by Gasteiger charge is -2.10. The fourth-order valence-electron chi connectivity index (χ4n) is 1.40. The number of amides is 1. The maximum atomic E-state index is 11.2. The van der Waals surface area contributed by atoms with Gasteiger partial charge in [0.05, 0.1) is 11.9 Å².